The van der Waals surface area contributed by atoms with Gasteiger partial charge in [-0.2, -0.15) is 0 Å². The molecular formula is C10H9NO3. The third-order valence-electron chi connectivity index (χ3n) is 1.66. The van der Waals surface area contributed by atoms with E-state index < -0.39 is 16.4 Å². The first kappa shape index (κ1) is 10.1. The molecule has 0 spiro atoms. The molecule has 4 heteroatoms. The number of carbonyl (C=O) groups is 1. The summed E-state index contributed by atoms with van der Waals surface area (Å²) in [6.07, 6.45) is 1.27. The minimum Gasteiger partial charge on any atom is -0.288 e. The van der Waals surface area contributed by atoms with Crippen LogP contribution in [-0.4, -0.2) is 10.7 Å². The second-order valence-corrected chi connectivity index (χ2v) is 2.75. The molecule has 4 nitrogen and oxygen atoms in total. The van der Waals surface area contributed by atoms with Gasteiger partial charge in [-0.15, -0.1) is 0 Å². The topological polar surface area (TPSA) is 60.2 Å². The average Bonchev–Trinajstić information content (AvgIpc) is 2.15. The smallest absolute Gasteiger partial charge is 0.288 e. The maximum atomic E-state index is 10.9. The van der Waals surface area contributed by atoms with Crippen molar-refractivity contribution in [2.45, 2.75) is 6.92 Å². The lowest BCUT2D eigenvalue weighted by Gasteiger charge is -1.93. The average molecular weight is 191 g/mol. The quantitative estimate of drug-likeness (QED) is 0.416. The van der Waals surface area contributed by atoms with Crippen LogP contribution in [0.2, 0.25) is 0 Å². The third-order valence-corrected chi connectivity index (χ3v) is 1.66. The fourth-order valence-electron chi connectivity index (χ4n) is 0.990. The number of allylic oxidation sites excluding steroid dienone is 1. The van der Waals surface area contributed by atoms with Crippen LogP contribution >= 0.6 is 0 Å². The summed E-state index contributed by atoms with van der Waals surface area (Å²) >= 11 is 0. The number of benzene rings is 1. The van der Waals surface area contributed by atoms with E-state index in [0.717, 1.165) is 0 Å². The predicted octanol–water partition coefficient (Wildman–Crippen LogP) is 1.89. The van der Waals surface area contributed by atoms with Gasteiger partial charge >= 0.3 is 5.70 Å². The number of carbonyl (C=O) groups excluding carboxylic acids is 1. The van der Waals surface area contributed by atoms with Gasteiger partial charge in [0, 0.05) is 13.0 Å². The first-order valence-corrected chi connectivity index (χ1v) is 4.03. The zero-order valence-corrected chi connectivity index (χ0v) is 7.64. The van der Waals surface area contributed by atoms with Crippen molar-refractivity contribution in [3.8, 4) is 0 Å². The van der Waals surface area contributed by atoms with E-state index in [2.05, 4.69) is 0 Å². The molecular weight excluding hydrogens is 182 g/mol. The Labute approximate surface area is 81.0 Å². The van der Waals surface area contributed by atoms with Crippen LogP contribution in [0, 0.1) is 10.1 Å². The van der Waals surface area contributed by atoms with E-state index in [1.165, 1.54) is 13.0 Å². The minimum atomic E-state index is -0.671. The maximum Gasteiger partial charge on any atom is 0.312 e. The molecule has 0 heterocycles. The molecule has 0 saturated carbocycles. The van der Waals surface area contributed by atoms with Gasteiger partial charge in [-0.3, -0.25) is 14.9 Å². The van der Waals surface area contributed by atoms with Crippen molar-refractivity contribution in [2.75, 3.05) is 0 Å². The number of nitro groups is 1. The molecule has 0 aliphatic carbocycles. The van der Waals surface area contributed by atoms with Crippen molar-refractivity contribution < 1.29 is 9.72 Å². The van der Waals surface area contributed by atoms with Crippen LogP contribution in [0.4, 0.5) is 0 Å². The molecule has 0 amide bonds. The van der Waals surface area contributed by atoms with Crippen molar-refractivity contribution >= 4 is 11.9 Å². The van der Waals surface area contributed by atoms with Crippen molar-refractivity contribution in [2.24, 2.45) is 0 Å². The number of hydrogen-bond acceptors (Lipinski definition) is 3. The number of ketones is 1. The molecule has 0 saturated heterocycles. The Hall–Kier alpha value is -1.97. The molecule has 72 valence electrons. The standard InChI is InChI=1S/C10H9NO3/c1-8(12)10(11(13)14)7-9-5-3-2-4-6-9/h2-7H,1H3/b10-7-. The summed E-state index contributed by atoms with van der Waals surface area (Å²) in [7, 11) is 0. The number of nitrogens with zero attached hydrogens (tertiary/aromatic N) is 1. The summed E-state index contributed by atoms with van der Waals surface area (Å²) < 4.78 is 0. The Morgan fingerprint density at radius 2 is 1.93 bits per heavy atom. The normalized spacial score (nSPS) is 11.1. The largest absolute Gasteiger partial charge is 0.312 e. The Morgan fingerprint density at radius 3 is 2.36 bits per heavy atom. The van der Waals surface area contributed by atoms with E-state index >= 15 is 0 Å². The van der Waals surface area contributed by atoms with E-state index in [1.54, 1.807) is 30.3 Å². The predicted molar refractivity (Wildman–Crippen MR) is 52.1 cm³/mol. The van der Waals surface area contributed by atoms with E-state index in [1.807, 2.05) is 0 Å². The van der Waals surface area contributed by atoms with Gasteiger partial charge in [-0.25, -0.2) is 0 Å². The summed E-state index contributed by atoms with van der Waals surface area (Å²) in [5, 5.41) is 10.5. The third kappa shape index (κ3) is 2.52. The highest BCUT2D eigenvalue weighted by Gasteiger charge is 2.15. The lowest BCUT2D eigenvalue weighted by molar-refractivity contribution is -0.417. The molecule has 1 aromatic carbocycles. The summed E-state index contributed by atoms with van der Waals surface area (Å²) in [5.41, 5.74) is 0.255. The highest BCUT2D eigenvalue weighted by Crippen LogP contribution is 2.07. The monoisotopic (exact) mass is 191 g/mol. The zero-order chi connectivity index (χ0) is 10.6. The summed E-state index contributed by atoms with van der Waals surface area (Å²) in [5.74, 6) is -0.543. The van der Waals surface area contributed by atoms with E-state index in [4.69, 9.17) is 0 Å². The second kappa shape index (κ2) is 4.32. The van der Waals surface area contributed by atoms with Crippen LogP contribution in [0.5, 0.6) is 0 Å². The molecule has 14 heavy (non-hydrogen) atoms. The summed E-state index contributed by atoms with van der Waals surface area (Å²) in [6.45, 7) is 1.18. The fraction of sp³-hybridized carbons (Fsp3) is 0.100. The van der Waals surface area contributed by atoms with Crippen LogP contribution in [0.15, 0.2) is 36.0 Å². The van der Waals surface area contributed by atoms with Gasteiger partial charge in [0.1, 0.15) is 0 Å². The van der Waals surface area contributed by atoms with E-state index in [9.17, 15) is 14.9 Å². The van der Waals surface area contributed by atoms with Crippen LogP contribution in [0.25, 0.3) is 6.08 Å². The fourth-order valence-corrected chi connectivity index (χ4v) is 0.990. The molecule has 0 aromatic heterocycles. The molecule has 0 radical (unpaired) electrons. The van der Waals surface area contributed by atoms with Gasteiger partial charge in [-0.1, -0.05) is 30.3 Å². The molecule has 1 aromatic rings. The van der Waals surface area contributed by atoms with Crippen LogP contribution in [0.3, 0.4) is 0 Å². The number of Topliss-reactive ketones (excluding diaryl/α,β-unsaturated/α-hetero) is 1. The van der Waals surface area contributed by atoms with E-state index in [0.29, 0.717) is 5.56 Å². The lowest BCUT2D eigenvalue weighted by Crippen LogP contribution is -2.07. The Morgan fingerprint density at radius 1 is 1.36 bits per heavy atom. The van der Waals surface area contributed by atoms with Gasteiger partial charge in [-0.05, 0) is 5.56 Å². The maximum absolute atomic E-state index is 10.9. The van der Waals surface area contributed by atoms with Gasteiger partial charge in [0.15, 0.2) is 0 Å². The van der Waals surface area contributed by atoms with Gasteiger partial charge in [0.05, 0.1) is 4.92 Å². The first-order valence-electron chi connectivity index (χ1n) is 4.03. The Balaban J connectivity index is 3.06. The molecule has 0 unspecified atom stereocenters. The van der Waals surface area contributed by atoms with Gasteiger partial charge in [0.25, 0.3) is 0 Å². The Kier molecular flexibility index (Phi) is 3.12. The minimum absolute atomic E-state index is 0.392. The zero-order valence-electron chi connectivity index (χ0n) is 7.64. The van der Waals surface area contributed by atoms with Crippen molar-refractivity contribution in [3.63, 3.8) is 0 Å². The highest BCUT2D eigenvalue weighted by molar-refractivity contribution is 5.95. The molecule has 0 fully saturated rings. The molecule has 1 rings (SSSR count). The first-order chi connectivity index (χ1) is 6.61. The summed E-state index contributed by atoms with van der Waals surface area (Å²) in [6, 6.07) is 8.71. The SMILES string of the molecule is CC(=O)/C(=C/c1ccccc1)[N+](=O)[O-]. The van der Waals surface area contributed by atoms with E-state index in [-0.39, 0.29) is 0 Å². The molecule has 0 aliphatic rings. The van der Waals surface area contributed by atoms with Crippen molar-refractivity contribution in [3.05, 3.63) is 51.7 Å². The second-order valence-electron chi connectivity index (χ2n) is 2.75. The highest BCUT2D eigenvalue weighted by atomic mass is 16.6. The molecule has 0 bridgehead atoms. The summed E-state index contributed by atoms with van der Waals surface area (Å²) in [4.78, 5) is 20.7. The molecule has 0 N–H and O–H groups in total. The van der Waals surface area contributed by atoms with Crippen molar-refractivity contribution in [1.29, 1.82) is 0 Å². The Bertz CT molecular complexity index is 366. The number of hydrogen-bond donors (Lipinski definition) is 0. The number of rotatable bonds is 3. The van der Waals surface area contributed by atoms with Crippen LogP contribution in [0.1, 0.15) is 12.5 Å². The van der Waals surface area contributed by atoms with Crippen LogP contribution < -0.4 is 0 Å². The van der Waals surface area contributed by atoms with Gasteiger partial charge < -0.3 is 0 Å². The lowest BCUT2D eigenvalue weighted by atomic mass is 10.2. The van der Waals surface area contributed by atoms with Crippen molar-refractivity contribution in [1.82, 2.24) is 0 Å². The molecule has 0 aliphatic heterocycles. The molecule has 0 atom stereocenters. The van der Waals surface area contributed by atoms with Gasteiger partial charge in [0.2, 0.25) is 5.78 Å². The van der Waals surface area contributed by atoms with Crippen LogP contribution in [-0.2, 0) is 4.79 Å².